The summed E-state index contributed by atoms with van der Waals surface area (Å²) in [5, 5.41) is 3.64. The summed E-state index contributed by atoms with van der Waals surface area (Å²) in [5.41, 5.74) is 3.21. The van der Waals surface area contributed by atoms with Crippen molar-refractivity contribution >= 4 is 0 Å². The first-order valence-electron chi connectivity index (χ1n) is 8.39. The van der Waals surface area contributed by atoms with Gasteiger partial charge in [0.25, 0.3) is 0 Å². The first-order valence-corrected chi connectivity index (χ1v) is 8.39. The Balaban J connectivity index is 2.67. The summed E-state index contributed by atoms with van der Waals surface area (Å²) in [6.45, 7) is 14.6. The number of hydrogen-bond donors (Lipinski definition) is 1. The SMILES string of the molecule is CCC(CC)(CNC(C)C)CN(C)Cc1ccccc1C. The fourth-order valence-electron chi connectivity index (χ4n) is 2.91. The van der Waals surface area contributed by atoms with Gasteiger partial charge < -0.3 is 10.2 Å². The van der Waals surface area contributed by atoms with Gasteiger partial charge in [-0.2, -0.15) is 0 Å². The van der Waals surface area contributed by atoms with E-state index in [4.69, 9.17) is 0 Å². The average molecular weight is 290 g/mol. The molecule has 1 aromatic carbocycles. The number of aryl methyl sites for hydroxylation is 1. The van der Waals surface area contributed by atoms with Crippen LogP contribution < -0.4 is 5.32 Å². The Morgan fingerprint density at radius 2 is 1.76 bits per heavy atom. The topological polar surface area (TPSA) is 15.3 Å². The lowest BCUT2D eigenvalue weighted by Gasteiger charge is -2.37. The molecule has 0 amide bonds. The number of benzene rings is 1. The Morgan fingerprint density at radius 3 is 2.29 bits per heavy atom. The Kier molecular flexibility index (Phi) is 7.41. The van der Waals surface area contributed by atoms with Crippen LogP contribution in [0.2, 0.25) is 0 Å². The summed E-state index contributed by atoms with van der Waals surface area (Å²) in [6, 6.07) is 9.27. The molecule has 21 heavy (non-hydrogen) atoms. The van der Waals surface area contributed by atoms with Crippen molar-refractivity contribution in [1.29, 1.82) is 0 Å². The molecule has 0 saturated heterocycles. The normalized spacial score (nSPS) is 12.4. The van der Waals surface area contributed by atoms with Gasteiger partial charge in [0, 0.05) is 25.7 Å². The molecular weight excluding hydrogens is 256 g/mol. The van der Waals surface area contributed by atoms with Gasteiger partial charge in [-0.15, -0.1) is 0 Å². The Hall–Kier alpha value is -0.860. The molecule has 0 aliphatic heterocycles. The van der Waals surface area contributed by atoms with Crippen LogP contribution in [0.1, 0.15) is 51.7 Å². The molecule has 0 aromatic heterocycles. The summed E-state index contributed by atoms with van der Waals surface area (Å²) >= 11 is 0. The predicted octanol–water partition coefficient (Wildman–Crippen LogP) is 4.23. The zero-order valence-electron chi connectivity index (χ0n) is 14.9. The standard InChI is InChI=1S/C19H34N2/c1-7-19(8-2,14-20-16(3)4)15-21(6)13-18-12-10-9-11-17(18)5/h9-12,16,20H,7-8,13-15H2,1-6H3. The molecular formula is C19H34N2. The molecule has 1 aromatic rings. The van der Waals surface area contributed by atoms with Gasteiger partial charge in [0.05, 0.1) is 0 Å². The largest absolute Gasteiger partial charge is 0.314 e. The van der Waals surface area contributed by atoms with Crippen LogP contribution in [0.3, 0.4) is 0 Å². The average Bonchev–Trinajstić information content (AvgIpc) is 2.46. The summed E-state index contributed by atoms with van der Waals surface area (Å²) < 4.78 is 0. The zero-order chi connectivity index (χ0) is 15.9. The molecule has 0 aliphatic carbocycles. The quantitative estimate of drug-likeness (QED) is 0.732. The molecule has 0 spiro atoms. The van der Waals surface area contributed by atoms with Crippen molar-refractivity contribution in [2.24, 2.45) is 5.41 Å². The Labute approximate surface area is 131 Å². The summed E-state index contributed by atoms with van der Waals surface area (Å²) in [5.74, 6) is 0. The highest BCUT2D eigenvalue weighted by molar-refractivity contribution is 5.25. The Bertz CT molecular complexity index is 408. The zero-order valence-corrected chi connectivity index (χ0v) is 14.9. The molecule has 0 unspecified atom stereocenters. The van der Waals surface area contributed by atoms with Gasteiger partial charge in [-0.3, -0.25) is 0 Å². The van der Waals surface area contributed by atoms with Crippen LogP contribution in [-0.2, 0) is 6.54 Å². The lowest BCUT2D eigenvalue weighted by atomic mass is 9.81. The summed E-state index contributed by atoms with van der Waals surface area (Å²) in [4.78, 5) is 2.48. The fourth-order valence-corrected chi connectivity index (χ4v) is 2.91. The molecule has 0 saturated carbocycles. The monoisotopic (exact) mass is 290 g/mol. The van der Waals surface area contributed by atoms with E-state index in [1.807, 2.05) is 0 Å². The van der Waals surface area contributed by atoms with E-state index in [9.17, 15) is 0 Å². The second-order valence-electron chi connectivity index (χ2n) is 6.84. The van der Waals surface area contributed by atoms with Crippen molar-refractivity contribution in [3.8, 4) is 0 Å². The lowest BCUT2D eigenvalue weighted by molar-refractivity contribution is 0.148. The molecule has 0 aliphatic rings. The van der Waals surface area contributed by atoms with Crippen molar-refractivity contribution in [3.05, 3.63) is 35.4 Å². The molecule has 120 valence electrons. The van der Waals surface area contributed by atoms with Crippen molar-refractivity contribution in [2.45, 2.75) is 60.0 Å². The molecule has 0 fully saturated rings. The first-order chi connectivity index (χ1) is 9.92. The van der Waals surface area contributed by atoms with E-state index in [0.717, 1.165) is 19.6 Å². The van der Waals surface area contributed by atoms with Crippen LogP contribution in [0.4, 0.5) is 0 Å². The summed E-state index contributed by atoms with van der Waals surface area (Å²) in [7, 11) is 2.25. The highest BCUT2D eigenvalue weighted by Crippen LogP contribution is 2.27. The minimum absolute atomic E-state index is 0.377. The predicted molar refractivity (Wildman–Crippen MR) is 93.7 cm³/mol. The van der Waals surface area contributed by atoms with E-state index in [-0.39, 0.29) is 0 Å². The van der Waals surface area contributed by atoms with Gasteiger partial charge in [0.1, 0.15) is 0 Å². The second-order valence-corrected chi connectivity index (χ2v) is 6.84. The van der Waals surface area contributed by atoms with E-state index >= 15 is 0 Å². The highest BCUT2D eigenvalue weighted by Gasteiger charge is 2.27. The minimum atomic E-state index is 0.377. The van der Waals surface area contributed by atoms with Crippen LogP contribution in [0.5, 0.6) is 0 Å². The molecule has 2 heteroatoms. The van der Waals surface area contributed by atoms with E-state index in [0.29, 0.717) is 11.5 Å². The lowest BCUT2D eigenvalue weighted by Crippen LogP contribution is -2.44. The smallest absolute Gasteiger partial charge is 0.0233 e. The van der Waals surface area contributed by atoms with Crippen LogP contribution in [0, 0.1) is 12.3 Å². The van der Waals surface area contributed by atoms with Gasteiger partial charge in [-0.05, 0) is 43.4 Å². The third-order valence-corrected chi connectivity index (χ3v) is 4.69. The van der Waals surface area contributed by atoms with Crippen molar-refractivity contribution in [3.63, 3.8) is 0 Å². The maximum Gasteiger partial charge on any atom is 0.0233 e. The maximum atomic E-state index is 3.64. The van der Waals surface area contributed by atoms with Gasteiger partial charge in [0.15, 0.2) is 0 Å². The van der Waals surface area contributed by atoms with E-state index in [1.54, 1.807) is 0 Å². The van der Waals surface area contributed by atoms with E-state index in [1.165, 1.54) is 24.0 Å². The van der Waals surface area contributed by atoms with Crippen LogP contribution >= 0.6 is 0 Å². The summed E-state index contributed by atoms with van der Waals surface area (Å²) in [6.07, 6.45) is 2.45. The van der Waals surface area contributed by atoms with Crippen molar-refractivity contribution in [1.82, 2.24) is 10.2 Å². The van der Waals surface area contributed by atoms with Gasteiger partial charge >= 0.3 is 0 Å². The molecule has 2 nitrogen and oxygen atoms in total. The fraction of sp³-hybridized carbons (Fsp3) is 0.684. The third-order valence-electron chi connectivity index (χ3n) is 4.69. The van der Waals surface area contributed by atoms with Gasteiger partial charge in [-0.1, -0.05) is 52.0 Å². The number of rotatable bonds is 9. The molecule has 0 atom stereocenters. The minimum Gasteiger partial charge on any atom is -0.314 e. The first kappa shape index (κ1) is 18.2. The maximum absolute atomic E-state index is 3.64. The number of nitrogens with zero attached hydrogens (tertiary/aromatic N) is 1. The molecule has 0 heterocycles. The highest BCUT2D eigenvalue weighted by atomic mass is 15.1. The van der Waals surface area contributed by atoms with Gasteiger partial charge in [0.2, 0.25) is 0 Å². The van der Waals surface area contributed by atoms with Gasteiger partial charge in [-0.25, -0.2) is 0 Å². The van der Waals surface area contributed by atoms with E-state index in [2.05, 4.69) is 76.1 Å². The number of nitrogens with one attached hydrogen (secondary N) is 1. The Morgan fingerprint density at radius 1 is 1.14 bits per heavy atom. The molecule has 1 rings (SSSR count). The molecule has 1 N–H and O–H groups in total. The second kappa shape index (κ2) is 8.55. The van der Waals surface area contributed by atoms with E-state index < -0.39 is 0 Å². The third kappa shape index (κ3) is 5.80. The molecule has 0 radical (unpaired) electrons. The van der Waals surface area contributed by atoms with Crippen LogP contribution in [0.15, 0.2) is 24.3 Å². The number of hydrogen-bond acceptors (Lipinski definition) is 2. The van der Waals surface area contributed by atoms with Crippen molar-refractivity contribution < 1.29 is 0 Å². The van der Waals surface area contributed by atoms with Crippen LogP contribution in [0.25, 0.3) is 0 Å². The van der Waals surface area contributed by atoms with Crippen LogP contribution in [-0.4, -0.2) is 31.1 Å². The molecule has 0 bridgehead atoms. The van der Waals surface area contributed by atoms with Crippen molar-refractivity contribution in [2.75, 3.05) is 20.1 Å².